The maximum atomic E-state index is 11.5. The Labute approximate surface area is 123 Å². The summed E-state index contributed by atoms with van der Waals surface area (Å²) in [6, 6.07) is 4.53. The number of anilines is 1. The number of nitrogens with zero attached hydrogens (tertiary/aromatic N) is 1. The number of rotatable bonds is 8. The van der Waals surface area contributed by atoms with Crippen molar-refractivity contribution in [1.29, 1.82) is 0 Å². The van der Waals surface area contributed by atoms with Gasteiger partial charge in [0.1, 0.15) is 0 Å². The molecule has 0 aliphatic carbocycles. The fourth-order valence-corrected chi connectivity index (χ4v) is 1.66. The highest BCUT2D eigenvalue weighted by molar-refractivity contribution is 5.81. The Kier molecular flexibility index (Phi) is 6.45. The number of nitrogens with one attached hydrogen (secondary N) is 2. The quantitative estimate of drug-likeness (QED) is 0.567. The number of nitro benzene ring substituents is 1. The van der Waals surface area contributed by atoms with Crippen molar-refractivity contribution in [3.05, 3.63) is 28.3 Å². The summed E-state index contributed by atoms with van der Waals surface area (Å²) in [6.07, 6.45) is 0.756. The van der Waals surface area contributed by atoms with Crippen molar-refractivity contribution in [2.24, 2.45) is 0 Å². The second kappa shape index (κ2) is 8.08. The third-order valence-electron chi connectivity index (χ3n) is 2.52. The van der Waals surface area contributed by atoms with Gasteiger partial charge in [0.25, 0.3) is 0 Å². The van der Waals surface area contributed by atoms with Crippen molar-refractivity contribution in [2.45, 2.75) is 33.2 Å². The summed E-state index contributed by atoms with van der Waals surface area (Å²) in [4.78, 5) is 22.0. The van der Waals surface area contributed by atoms with Crippen LogP contribution in [0.1, 0.15) is 27.2 Å². The Morgan fingerprint density at radius 3 is 2.71 bits per heavy atom. The van der Waals surface area contributed by atoms with Crippen LogP contribution in [0.2, 0.25) is 0 Å². The number of carbonyl (C=O) groups excluding carboxylic acids is 1. The molecule has 0 spiro atoms. The molecule has 0 bridgehead atoms. The van der Waals surface area contributed by atoms with E-state index in [9.17, 15) is 14.9 Å². The van der Waals surface area contributed by atoms with Crippen LogP contribution in [-0.4, -0.2) is 30.0 Å². The largest absolute Gasteiger partial charge is 0.487 e. The lowest BCUT2D eigenvalue weighted by Crippen LogP contribution is -2.34. The van der Waals surface area contributed by atoms with E-state index in [-0.39, 0.29) is 29.9 Å². The minimum absolute atomic E-state index is 0.0691. The van der Waals surface area contributed by atoms with Gasteiger partial charge < -0.3 is 15.4 Å². The number of carbonyl (C=O) groups is 1. The summed E-state index contributed by atoms with van der Waals surface area (Å²) >= 11 is 0. The van der Waals surface area contributed by atoms with Crippen LogP contribution in [0.4, 0.5) is 11.4 Å². The zero-order chi connectivity index (χ0) is 15.8. The Balaban J connectivity index is 2.75. The molecule has 0 aromatic heterocycles. The second-order valence-corrected chi connectivity index (χ2v) is 4.86. The molecule has 1 rings (SSSR count). The zero-order valence-corrected chi connectivity index (χ0v) is 12.5. The number of ether oxygens (including phenoxy) is 1. The second-order valence-electron chi connectivity index (χ2n) is 4.86. The SMILES string of the molecule is CCCOc1cc(NCC(=O)NC(C)C)ccc1[N+](=O)[O-]. The van der Waals surface area contributed by atoms with Gasteiger partial charge in [-0.25, -0.2) is 0 Å². The standard InChI is InChI=1S/C14H21N3O4/c1-4-7-21-13-8-11(5-6-12(13)17(19)20)15-9-14(18)16-10(2)3/h5-6,8,10,15H,4,7,9H2,1-3H3,(H,16,18). The van der Waals surface area contributed by atoms with Crippen molar-refractivity contribution in [1.82, 2.24) is 5.32 Å². The predicted octanol–water partition coefficient (Wildman–Crippen LogP) is 2.32. The van der Waals surface area contributed by atoms with Crippen LogP contribution in [-0.2, 0) is 4.79 Å². The first-order chi connectivity index (χ1) is 9.93. The Morgan fingerprint density at radius 2 is 2.14 bits per heavy atom. The van der Waals surface area contributed by atoms with Gasteiger partial charge in [-0.1, -0.05) is 6.92 Å². The van der Waals surface area contributed by atoms with Crippen molar-refractivity contribution in [2.75, 3.05) is 18.5 Å². The third kappa shape index (κ3) is 5.68. The van der Waals surface area contributed by atoms with Crippen LogP contribution < -0.4 is 15.4 Å². The van der Waals surface area contributed by atoms with Crippen LogP contribution in [0.5, 0.6) is 5.75 Å². The van der Waals surface area contributed by atoms with Gasteiger partial charge in [0.15, 0.2) is 5.75 Å². The van der Waals surface area contributed by atoms with E-state index >= 15 is 0 Å². The van der Waals surface area contributed by atoms with Crippen molar-refractivity contribution < 1.29 is 14.5 Å². The summed E-state index contributed by atoms with van der Waals surface area (Å²) in [5.74, 6) is 0.0653. The van der Waals surface area contributed by atoms with E-state index in [1.165, 1.54) is 12.1 Å². The molecule has 2 N–H and O–H groups in total. The first-order valence-electron chi connectivity index (χ1n) is 6.88. The van der Waals surface area contributed by atoms with Crippen molar-refractivity contribution in [3.8, 4) is 5.75 Å². The summed E-state index contributed by atoms with van der Waals surface area (Å²) in [5.41, 5.74) is 0.520. The molecule has 21 heavy (non-hydrogen) atoms. The van der Waals surface area contributed by atoms with Gasteiger partial charge in [-0.2, -0.15) is 0 Å². The molecule has 116 valence electrons. The number of hydrogen-bond acceptors (Lipinski definition) is 5. The molecule has 0 saturated carbocycles. The fraction of sp³-hybridized carbons (Fsp3) is 0.500. The normalized spacial score (nSPS) is 10.3. The molecular formula is C14H21N3O4. The van der Waals surface area contributed by atoms with Gasteiger partial charge in [0.05, 0.1) is 18.1 Å². The lowest BCUT2D eigenvalue weighted by atomic mass is 10.2. The van der Waals surface area contributed by atoms with Crippen LogP contribution in [0.25, 0.3) is 0 Å². The summed E-state index contributed by atoms with van der Waals surface area (Å²) in [5, 5.41) is 16.6. The van der Waals surface area contributed by atoms with Crippen molar-refractivity contribution >= 4 is 17.3 Å². The molecule has 0 radical (unpaired) electrons. The van der Waals surface area contributed by atoms with Crippen LogP contribution in [0.15, 0.2) is 18.2 Å². The average molecular weight is 295 g/mol. The molecule has 0 aliphatic heterocycles. The minimum Gasteiger partial charge on any atom is -0.487 e. The topological polar surface area (TPSA) is 93.5 Å². The first-order valence-corrected chi connectivity index (χ1v) is 6.88. The van der Waals surface area contributed by atoms with Gasteiger partial charge in [-0.3, -0.25) is 14.9 Å². The molecular weight excluding hydrogens is 274 g/mol. The van der Waals surface area contributed by atoms with E-state index in [4.69, 9.17) is 4.74 Å². The van der Waals surface area contributed by atoms with Crippen LogP contribution >= 0.6 is 0 Å². The maximum Gasteiger partial charge on any atom is 0.311 e. The van der Waals surface area contributed by atoms with E-state index in [0.717, 1.165) is 6.42 Å². The smallest absolute Gasteiger partial charge is 0.311 e. The van der Waals surface area contributed by atoms with E-state index in [1.807, 2.05) is 20.8 Å². The molecule has 0 atom stereocenters. The summed E-state index contributed by atoms with van der Waals surface area (Å²) in [7, 11) is 0. The van der Waals surface area contributed by atoms with E-state index in [2.05, 4.69) is 10.6 Å². The lowest BCUT2D eigenvalue weighted by molar-refractivity contribution is -0.385. The van der Waals surface area contributed by atoms with Crippen molar-refractivity contribution in [3.63, 3.8) is 0 Å². The van der Waals surface area contributed by atoms with Gasteiger partial charge >= 0.3 is 5.69 Å². The van der Waals surface area contributed by atoms with E-state index in [0.29, 0.717) is 12.3 Å². The highest BCUT2D eigenvalue weighted by Gasteiger charge is 2.15. The molecule has 7 heteroatoms. The van der Waals surface area contributed by atoms with E-state index in [1.54, 1.807) is 6.07 Å². The molecule has 1 amide bonds. The van der Waals surface area contributed by atoms with Gasteiger partial charge in [0, 0.05) is 23.9 Å². The van der Waals surface area contributed by atoms with Gasteiger partial charge in [-0.05, 0) is 26.3 Å². The van der Waals surface area contributed by atoms with Crippen LogP contribution in [0, 0.1) is 10.1 Å². The Bertz CT molecular complexity index is 503. The Hall–Kier alpha value is -2.31. The third-order valence-corrected chi connectivity index (χ3v) is 2.52. The first kappa shape index (κ1) is 16.7. The molecule has 1 aromatic rings. The molecule has 0 aliphatic rings. The van der Waals surface area contributed by atoms with Gasteiger partial charge in [-0.15, -0.1) is 0 Å². The summed E-state index contributed by atoms with van der Waals surface area (Å²) in [6.45, 7) is 6.17. The molecule has 1 aromatic carbocycles. The van der Waals surface area contributed by atoms with Crippen LogP contribution in [0.3, 0.4) is 0 Å². The monoisotopic (exact) mass is 295 g/mol. The number of benzene rings is 1. The predicted molar refractivity (Wildman–Crippen MR) is 80.7 cm³/mol. The zero-order valence-electron chi connectivity index (χ0n) is 12.5. The molecule has 0 fully saturated rings. The summed E-state index contributed by atoms with van der Waals surface area (Å²) < 4.78 is 5.38. The molecule has 7 nitrogen and oxygen atoms in total. The molecule has 0 heterocycles. The van der Waals surface area contributed by atoms with Gasteiger partial charge in [0.2, 0.25) is 5.91 Å². The molecule has 0 saturated heterocycles. The fourth-order valence-electron chi connectivity index (χ4n) is 1.66. The molecule has 0 unspecified atom stereocenters. The minimum atomic E-state index is -0.486. The number of hydrogen-bond donors (Lipinski definition) is 2. The number of amides is 1. The maximum absolute atomic E-state index is 11.5. The van der Waals surface area contributed by atoms with E-state index < -0.39 is 4.92 Å². The number of nitro groups is 1. The highest BCUT2D eigenvalue weighted by Crippen LogP contribution is 2.30. The Morgan fingerprint density at radius 1 is 1.43 bits per heavy atom. The lowest BCUT2D eigenvalue weighted by Gasteiger charge is -2.11. The average Bonchev–Trinajstić information content (AvgIpc) is 2.42. The highest BCUT2D eigenvalue weighted by atomic mass is 16.6.